The van der Waals surface area contributed by atoms with Crippen LogP contribution in [0.25, 0.3) is 0 Å². The van der Waals surface area contributed by atoms with E-state index in [1.165, 1.54) is 5.56 Å². The summed E-state index contributed by atoms with van der Waals surface area (Å²) in [4.78, 5) is 0. The number of hydrogen-bond donors (Lipinski definition) is 2. The SMILES string of the molecule is COc1cccc(NC(C)(CO)c2cc(C)ccc2C)c1. The molecule has 0 heterocycles. The lowest BCUT2D eigenvalue weighted by Gasteiger charge is -2.32. The Morgan fingerprint density at radius 1 is 1.14 bits per heavy atom. The van der Waals surface area contributed by atoms with Gasteiger partial charge in [0.05, 0.1) is 19.3 Å². The maximum atomic E-state index is 9.95. The van der Waals surface area contributed by atoms with E-state index in [-0.39, 0.29) is 6.61 Å². The average Bonchev–Trinajstić information content (AvgIpc) is 2.49. The molecular formula is C18H23NO2. The molecule has 0 bridgehead atoms. The Kier molecular flexibility index (Phi) is 4.53. The van der Waals surface area contributed by atoms with Gasteiger partial charge in [-0.25, -0.2) is 0 Å². The number of anilines is 1. The van der Waals surface area contributed by atoms with Crippen LogP contribution in [0.15, 0.2) is 42.5 Å². The second-order valence-corrected chi connectivity index (χ2v) is 5.67. The molecule has 3 nitrogen and oxygen atoms in total. The molecule has 2 aromatic rings. The molecule has 112 valence electrons. The van der Waals surface area contributed by atoms with Crippen LogP contribution in [0.1, 0.15) is 23.6 Å². The molecule has 0 aliphatic rings. The molecule has 0 aromatic heterocycles. The molecule has 0 amide bonds. The minimum absolute atomic E-state index is 0.00844. The first-order valence-electron chi connectivity index (χ1n) is 7.09. The number of ether oxygens (including phenoxy) is 1. The first-order chi connectivity index (χ1) is 9.98. The van der Waals surface area contributed by atoms with Gasteiger partial charge in [0, 0.05) is 11.8 Å². The Bertz CT molecular complexity index is 624. The second-order valence-electron chi connectivity index (χ2n) is 5.67. The molecule has 0 spiro atoms. The Morgan fingerprint density at radius 2 is 1.90 bits per heavy atom. The minimum atomic E-state index is -0.539. The van der Waals surface area contributed by atoms with E-state index < -0.39 is 5.54 Å². The standard InChI is InChI=1S/C18H23NO2/c1-13-8-9-14(2)17(10-13)18(3,12-20)19-15-6-5-7-16(11-15)21-4/h5-11,19-20H,12H2,1-4H3. The summed E-state index contributed by atoms with van der Waals surface area (Å²) in [5.74, 6) is 0.793. The van der Waals surface area contributed by atoms with Gasteiger partial charge in [0.1, 0.15) is 5.75 Å². The second kappa shape index (κ2) is 6.19. The maximum Gasteiger partial charge on any atom is 0.120 e. The lowest BCUT2D eigenvalue weighted by Crippen LogP contribution is -2.36. The fourth-order valence-electron chi connectivity index (χ4n) is 2.54. The first-order valence-corrected chi connectivity index (χ1v) is 7.09. The van der Waals surface area contributed by atoms with Crippen LogP contribution in [0.2, 0.25) is 0 Å². The summed E-state index contributed by atoms with van der Waals surface area (Å²) in [6.07, 6.45) is 0. The van der Waals surface area contributed by atoms with Crippen LogP contribution in [0.3, 0.4) is 0 Å². The van der Waals surface area contributed by atoms with E-state index in [0.29, 0.717) is 0 Å². The topological polar surface area (TPSA) is 41.5 Å². The van der Waals surface area contributed by atoms with Crippen LogP contribution in [0, 0.1) is 13.8 Å². The number of rotatable bonds is 5. The normalized spacial score (nSPS) is 13.6. The van der Waals surface area contributed by atoms with Gasteiger partial charge in [-0.1, -0.05) is 29.8 Å². The number of aliphatic hydroxyl groups excluding tert-OH is 1. The van der Waals surface area contributed by atoms with Gasteiger partial charge in [0.15, 0.2) is 0 Å². The fraction of sp³-hybridized carbons (Fsp3) is 0.333. The molecule has 21 heavy (non-hydrogen) atoms. The Morgan fingerprint density at radius 3 is 2.57 bits per heavy atom. The van der Waals surface area contributed by atoms with E-state index in [1.807, 2.05) is 31.2 Å². The largest absolute Gasteiger partial charge is 0.497 e. The van der Waals surface area contributed by atoms with Crippen LogP contribution < -0.4 is 10.1 Å². The van der Waals surface area contributed by atoms with Gasteiger partial charge in [-0.2, -0.15) is 0 Å². The zero-order valence-electron chi connectivity index (χ0n) is 13.1. The Balaban J connectivity index is 2.38. The lowest BCUT2D eigenvalue weighted by atomic mass is 9.87. The maximum absolute atomic E-state index is 9.95. The molecular weight excluding hydrogens is 262 g/mol. The van der Waals surface area contributed by atoms with Crippen LogP contribution in [-0.2, 0) is 5.54 Å². The van der Waals surface area contributed by atoms with Crippen molar-refractivity contribution in [3.8, 4) is 5.75 Å². The van der Waals surface area contributed by atoms with Crippen LogP contribution in [-0.4, -0.2) is 18.8 Å². The van der Waals surface area contributed by atoms with Crippen molar-refractivity contribution in [1.82, 2.24) is 0 Å². The first kappa shape index (κ1) is 15.4. The number of aryl methyl sites for hydroxylation is 2. The monoisotopic (exact) mass is 285 g/mol. The Labute approximate surface area is 126 Å². The molecule has 0 saturated carbocycles. The van der Waals surface area contributed by atoms with Crippen molar-refractivity contribution in [1.29, 1.82) is 0 Å². The van der Waals surface area contributed by atoms with E-state index in [4.69, 9.17) is 4.74 Å². The van der Waals surface area contributed by atoms with Gasteiger partial charge in [-0.3, -0.25) is 0 Å². The molecule has 0 fully saturated rings. The molecule has 2 N–H and O–H groups in total. The molecule has 2 aromatic carbocycles. The molecule has 1 atom stereocenters. The van der Waals surface area contributed by atoms with Crippen molar-refractivity contribution in [3.05, 3.63) is 59.2 Å². The van der Waals surface area contributed by atoms with Crippen molar-refractivity contribution >= 4 is 5.69 Å². The van der Waals surface area contributed by atoms with E-state index >= 15 is 0 Å². The molecule has 3 heteroatoms. The van der Waals surface area contributed by atoms with Gasteiger partial charge in [-0.15, -0.1) is 0 Å². The third-order valence-corrected chi connectivity index (χ3v) is 3.79. The highest BCUT2D eigenvalue weighted by atomic mass is 16.5. The van der Waals surface area contributed by atoms with E-state index in [9.17, 15) is 5.11 Å². The summed E-state index contributed by atoms with van der Waals surface area (Å²) in [6.45, 7) is 6.14. The van der Waals surface area contributed by atoms with Crippen LogP contribution >= 0.6 is 0 Å². The summed E-state index contributed by atoms with van der Waals surface area (Å²) in [5.41, 5.74) is 3.83. The molecule has 0 aliphatic carbocycles. The smallest absolute Gasteiger partial charge is 0.120 e. The summed E-state index contributed by atoms with van der Waals surface area (Å²) in [6, 6.07) is 14.0. The zero-order valence-corrected chi connectivity index (χ0v) is 13.1. The number of benzene rings is 2. The third-order valence-electron chi connectivity index (χ3n) is 3.79. The van der Waals surface area contributed by atoms with E-state index in [1.54, 1.807) is 7.11 Å². The minimum Gasteiger partial charge on any atom is -0.497 e. The van der Waals surface area contributed by atoms with Gasteiger partial charge in [0.2, 0.25) is 0 Å². The molecule has 0 saturated heterocycles. The van der Waals surface area contributed by atoms with Crippen LogP contribution in [0.5, 0.6) is 5.75 Å². The summed E-state index contributed by atoms with van der Waals surface area (Å²) in [5, 5.41) is 13.4. The van der Waals surface area contributed by atoms with E-state index in [0.717, 1.165) is 22.6 Å². The Hall–Kier alpha value is -2.00. The van der Waals surface area contributed by atoms with Crippen molar-refractivity contribution in [2.45, 2.75) is 26.3 Å². The number of methoxy groups -OCH3 is 1. The molecule has 2 rings (SSSR count). The molecule has 0 radical (unpaired) electrons. The van der Waals surface area contributed by atoms with Gasteiger partial charge >= 0.3 is 0 Å². The highest BCUT2D eigenvalue weighted by molar-refractivity contribution is 5.52. The van der Waals surface area contributed by atoms with Crippen molar-refractivity contribution in [3.63, 3.8) is 0 Å². The highest BCUT2D eigenvalue weighted by Gasteiger charge is 2.27. The number of aliphatic hydroxyl groups is 1. The molecule has 1 unspecified atom stereocenters. The fourth-order valence-corrected chi connectivity index (χ4v) is 2.54. The third kappa shape index (κ3) is 3.37. The quantitative estimate of drug-likeness (QED) is 0.881. The summed E-state index contributed by atoms with van der Waals surface area (Å²) >= 11 is 0. The van der Waals surface area contributed by atoms with Crippen molar-refractivity contribution in [2.75, 3.05) is 19.0 Å². The number of nitrogens with one attached hydrogen (secondary N) is 1. The highest BCUT2D eigenvalue weighted by Crippen LogP contribution is 2.30. The van der Waals surface area contributed by atoms with Crippen molar-refractivity contribution < 1.29 is 9.84 Å². The predicted molar refractivity (Wildman–Crippen MR) is 87.0 cm³/mol. The van der Waals surface area contributed by atoms with Crippen LogP contribution in [0.4, 0.5) is 5.69 Å². The lowest BCUT2D eigenvalue weighted by molar-refractivity contribution is 0.223. The van der Waals surface area contributed by atoms with Gasteiger partial charge in [-0.05, 0) is 44.0 Å². The van der Waals surface area contributed by atoms with E-state index in [2.05, 4.69) is 37.4 Å². The summed E-state index contributed by atoms with van der Waals surface area (Å²) in [7, 11) is 1.65. The average molecular weight is 285 g/mol. The van der Waals surface area contributed by atoms with Gasteiger partial charge < -0.3 is 15.2 Å². The predicted octanol–water partition coefficient (Wildman–Crippen LogP) is 3.63. The molecule has 0 aliphatic heterocycles. The zero-order chi connectivity index (χ0) is 15.5. The summed E-state index contributed by atoms with van der Waals surface area (Å²) < 4.78 is 5.25. The van der Waals surface area contributed by atoms with Gasteiger partial charge in [0.25, 0.3) is 0 Å². The number of hydrogen-bond acceptors (Lipinski definition) is 3. The van der Waals surface area contributed by atoms with Crippen molar-refractivity contribution in [2.24, 2.45) is 0 Å².